The smallest absolute Gasteiger partial charge is 0.277 e. The molecule has 1 aromatic heterocycles. The summed E-state index contributed by atoms with van der Waals surface area (Å²) in [4.78, 5) is 16.7. The molecule has 5 heteroatoms. The molecule has 0 aliphatic heterocycles. The Labute approximate surface area is 152 Å². The molecule has 2 atom stereocenters. The van der Waals surface area contributed by atoms with Crippen LogP contribution in [0, 0.1) is 0 Å². The topological polar surface area (TPSA) is 43.6 Å². The van der Waals surface area contributed by atoms with Crippen molar-refractivity contribution < 1.29 is 4.74 Å². The maximum Gasteiger partial charge on any atom is 0.277 e. The molecule has 2 aliphatic rings. The zero-order valence-electron chi connectivity index (χ0n) is 13.9. The Balaban J connectivity index is 1.56. The standard InChI is InChI=1S/C20H20N2O2S/c23-20-17(21-13-25)10-16(15-6-7-15)11-22(20)18-8-9-19(18)24-12-14-4-2-1-3-5-14/h1-5,10-11,15,18-19H,6-9,12H2/t18-,19-/m1/s1. The molecule has 0 spiro atoms. The minimum atomic E-state index is -0.0974. The van der Waals surface area contributed by atoms with Crippen molar-refractivity contribution in [3.63, 3.8) is 0 Å². The van der Waals surface area contributed by atoms with Crippen LogP contribution in [-0.4, -0.2) is 15.8 Å². The van der Waals surface area contributed by atoms with Gasteiger partial charge in [0.25, 0.3) is 5.56 Å². The summed E-state index contributed by atoms with van der Waals surface area (Å²) in [5, 5.41) is 2.34. The molecule has 0 bridgehead atoms. The molecule has 0 saturated heterocycles. The Morgan fingerprint density at radius 1 is 1.20 bits per heavy atom. The summed E-state index contributed by atoms with van der Waals surface area (Å²) in [5.74, 6) is 0.551. The molecule has 4 nitrogen and oxygen atoms in total. The normalized spacial score (nSPS) is 22.1. The molecular weight excluding hydrogens is 332 g/mol. The average Bonchev–Trinajstić information content (AvgIpc) is 3.43. The quantitative estimate of drug-likeness (QED) is 0.572. The summed E-state index contributed by atoms with van der Waals surface area (Å²) < 4.78 is 7.89. The molecule has 2 fully saturated rings. The summed E-state index contributed by atoms with van der Waals surface area (Å²) in [6.07, 6.45) is 6.36. The molecule has 4 rings (SSSR count). The van der Waals surface area contributed by atoms with Crippen LogP contribution in [0.25, 0.3) is 0 Å². The van der Waals surface area contributed by atoms with Crippen LogP contribution < -0.4 is 5.56 Å². The van der Waals surface area contributed by atoms with Crippen molar-refractivity contribution in [3.8, 4) is 0 Å². The van der Waals surface area contributed by atoms with E-state index in [9.17, 15) is 4.79 Å². The van der Waals surface area contributed by atoms with Gasteiger partial charge < -0.3 is 9.30 Å². The highest BCUT2D eigenvalue weighted by Gasteiger charge is 2.35. The van der Waals surface area contributed by atoms with Crippen molar-refractivity contribution in [1.29, 1.82) is 0 Å². The summed E-state index contributed by atoms with van der Waals surface area (Å²) >= 11 is 4.70. The van der Waals surface area contributed by atoms with Gasteiger partial charge in [0.05, 0.1) is 23.9 Å². The Morgan fingerprint density at radius 2 is 2.00 bits per heavy atom. The molecule has 1 heterocycles. The molecule has 2 saturated carbocycles. The number of ether oxygens (including phenoxy) is 1. The van der Waals surface area contributed by atoms with Gasteiger partial charge in [-0.3, -0.25) is 4.79 Å². The van der Waals surface area contributed by atoms with Crippen molar-refractivity contribution >= 4 is 23.1 Å². The first-order chi connectivity index (χ1) is 12.3. The van der Waals surface area contributed by atoms with Crippen LogP contribution in [0.15, 0.2) is 52.4 Å². The summed E-state index contributed by atoms with van der Waals surface area (Å²) in [6, 6.07) is 12.1. The van der Waals surface area contributed by atoms with E-state index in [1.165, 1.54) is 18.4 Å². The predicted molar refractivity (Wildman–Crippen MR) is 101 cm³/mol. The molecule has 2 aromatic rings. The predicted octanol–water partition coefficient (Wildman–Crippen LogP) is 4.38. The van der Waals surface area contributed by atoms with Crippen LogP contribution in [0.3, 0.4) is 0 Å². The first-order valence-corrected chi connectivity index (χ1v) is 9.16. The van der Waals surface area contributed by atoms with Crippen LogP contribution in [0.1, 0.15) is 48.8 Å². The fourth-order valence-corrected chi connectivity index (χ4v) is 3.46. The van der Waals surface area contributed by atoms with E-state index in [1.807, 2.05) is 35.0 Å². The van der Waals surface area contributed by atoms with Gasteiger partial charge in [-0.1, -0.05) is 30.3 Å². The van der Waals surface area contributed by atoms with Gasteiger partial charge in [0.1, 0.15) is 5.69 Å². The fourth-order valence-electron chi connectivity index (χ4n) is 3.37. The number of rotatable bonds is 6. The molecule has 0 unspecified atom stereocenters. The second-order valence-electron chi connectivity index (χ2n) is 6.83. The van der Waals surface area contributed by atoms with Gasteiger partial charge in [0, 0.05) is 6.20 Å². The van der Waals surface area contributed by atoms with Crippen molar-refractivity contribution in [2.75, 3.05) is 0 Å². The highest BCUT2D eigenvalue weighted by Crippen LogP contribution is 2.42. The number of thiocarbonyl (C=S) groups is 1. The van der Waals surface area contributed by atoms with Crippen molar-refractivity contribution in [1.82, 2.24) is 4.57 Å². The lowest BCUT2D eigenvalue weighted by atomic mass is 9.88. The third-order valence-electron chi connectivity index (χ3n) is 5.10. The lowest BCUT2D eigenvalue weighted by molar-refractivity contribution is -0.0503. The molecule has 128 valence electrons. The number of pyridine rings is 1. The molecular formula is C20H20N2O2S. The Bertz CT molecular complexity index is 867. The number of nitrogens with zero attached hydrogens (tertiary/aromatic N) is 2. The molecule has 25 heavy (non-hydrogen) atoms. The van der Waals surface area contributed by atoms with E-state index in [0.717, 1.165) is 18.4 Å². The largest absolute Gasteiger partial charge is 0.371 e. The van der Waals surface area contributed by atoms with E-state index in [1.54, 1.807) is 0 Å². The fraction of sp³-hybridized carbons (Fsp3) is 0.400. The van der Waals surface area contributed by atoms with Crippen LogP contribution in [-0.2, 0) is 11.3 Å². The van der Waals surface area contributed by atoms with E-state index in [-0.39, 0.29) is 17.7 Å². The minimum Gasteiger partial charge on any atom is -0.371 e. The Hall–Kier alpha value is -2.07. The number of hydrogen-bond acceptors (Lipinski definition) is 4. The summed E-state index contributed by atoms with van der Waals surface area (Å²) in [7, 11) is 0. The number of isothiocyanates is 1. The van der Waals surface area contributed by atoms with Gasteiger partial charge in [-0.05, 0) is 61.0 Å². The number of hydrogen-bond donors (Lipinski definition) is 0. The van der Waals surface area contributed by atoms with Crippen molar-refractivity contribution in [2.24, 2.45) is 4.99 Å². The molecule has 0 N–H and O–H groups in total. The first-order valence-electron chi connectivity index (χ1n) is 8.76. The number of aliphatic imine (C=N–C) groups is 1. The average molecular weight is 352 g/mol. The Kier molecular flexibility index (Phi) is 4.62. The maximum absolute atomic E-state index is 12.7. The van der Waals surface area contributed by atoms with Crippen molar-refractivity contribution in [2.45, 2.75) is 50.4 Å². The van der Waals surface area contributed by atoms with Gasteiger partial charge in [0.2, 0.25) is 0 Å². The zero-order valence-corrected chi connectivity index (χ0v) is 14.7. The summed E-state index contributed by atoms with van der Waals surface area (Å²) in [6.45, 7) is 0.573. The highest BCUT2D eigenvalue weighted by molar-refractivity contribution is 7.78. The number of aromatic nitrogens is 1. The Morgan fingerprint density at radius 3 is 2.64 bits per heavy atom. The molecule has 0 amide bonds. The lowest BCUT2D eigenvalue weighted by Crippen LogP contribution is -2.41. The lowest BCUT2D eigenvalue weighted by Gasteiger charge is -2.38. The highest BCUT2D eigenvalue weighted by atomic mass is 32.1. The van der Waals surface area contributed by atoms with Gasteiger partial charge >= 0.3 is 0 Å². The maximum atomic E-state index is 12.7. The monoisotopic (exact) mass is 352 g/mol. The summed E-state index contributed by atoms with van der Waals surface area (Å²) in [5.41, 5.74) is 2.63. The third-order valence-corrected chi connectivity index (χ3v) is 5.19. The van der Waals surface area contributed by atoms with Crippen molar-refractivity contribution in [3.05, 3.63) is 64.1 Å². The second-order valence-corrected chi connectivity index (χ2v) is 7.01. The van der Waals surface area contributed by atoms with E-state index < -0.39 is 0 Å². The van der Waals surface area contributed by atoms with Crippen LogP contribution in [0.2, 0.25) is 0 Å². The van der Waals surface area contributed by atoms with E-state index in [0.29, 0.717) is 18.2 Å². The van der Waals surface area contributed by atoms with Gasteiger partial charge in [0.15, 0.2) is 0 Å². The van der Waals surface area contributed by atoms with Crippen LogP contribution >= 0.6 is 12.2 Å². The van der Waals surface area contributed by atoms with E-state index in [2.05, 4.69) is 22.3 Å². The minimum absolute atomic E-state index is 0.0664. The number of benzene rings is 1. The van der Waals surface area contributed by atoms with Gasteiger partial charge in [-0.15, -0.1) is 0 Å². The molecule has 1 aromatic carbocycles. The van der Waals surface area contributed by atoms with Gasteiger partial charge in [-0.2, -0.15) is 4.99 Å². The zero-order chi connectivity index (χ0) is 17.2. The third kappa shape index (κ3) is 3.49. The molecule has 0 radical (unpaired) electrons. The van der Waals surface area contributed by atoms with Crippen LogP contribution in [0.4, 0.5) is 5.69 Å². The van der Waals surface area contributed by atoms with Crippen LogP contribution in [0.5, 0.6) is 0 Å². The van der Waals surface area contributed by atoms with E-state index >= 15 is 0 Å². The first kappa shape index (κ1) is 16.4. The second kappa shape index (κ2) is 7.04. The van der Waals surface area contributed by atoms with E-state index in [4.69, 9.17) is 17.0 Å². The molecule has 2 aliphatic carbocycles. The SMILES string of the molecule is O=c1c(N=C=S)cc(C2CC2)cn1[C@@H]1CC[C@H]1OCc1ccccc1. The van der Waals surface area contributed by atoms with Gasteiger partial charge in [-0.25, -0.2) is 0 Å².